The fraction of sp³-hybridized carbons (Fsp3) is 0.333. The van der Waals surface area contributed by atoms with Crippen molar-refractivity contribution < 1.29 is 9.94 Å². The summed E-state index contributed by atoms with van der Waals surface area (Å²) in [5.74, 6) is 5.19. The normalized spacial score (nSPS) is 10.2. The van der Waals surface area contributed by atoms with E-state index in [2.05, 4.69) is 4.84 Å². The third-order valence-corrected chi connectivity index (χ3v) is 1.73. The highest BCUT2D eigenvalue weighted by Gasteiger charge is 1.99. The third-order valence-electron chi connectivity index (χ3n) is 1.73. The quantitative estimate of drug-likeness (QED) is 0.663. The van der Waals surface area contributed by atoms with Gasteiger partial charge in [0.2, 0.25) is 0 Å². The van der Waals surface area contributed by atoms with Crippen molar-refractivity contribution in [2.45, 2.75) is 13.3 Å². The highest BCUT2D eigenvalue weighted by molar-refractivity contribution is 5.35. The van der Waals surface area contributed by atoms with E-state index in [1.54, 1.807) is 6.07 Å². The summed E-state index contributed by atoms with van der Waals surface area (Å²) in [5, 5.41) is 9.42. The fourth-order valence-electron chi connectivity index (χ4n) is 1.05. The van der Waals surface area contributed by atoms with Crippen LogP contribution in [0.2, 0.25) is 0 Å². The van der Waals surface area contributed by atoms with Gasteiger partial charge in [0.25, 0.3) is 0 Å². The second-order valence-corrected chi connectivity index (χ2v) is 2.75. The van der Waals surface area contributed by atoms with Crippen molar-refractivity contribution in [1.29, 1.82) is 0 Å². The number of phenolic OH excluding ortho intramolecular Hbond substituents is 1. The number of hydrogen-bond acceptors (Lipinski definition) is 3. The summed E-state index contributed by atoms with van der Waals surface area (Å²) >= 11 is 0. The van der Waals surface area contributed by atoms with Crippen molar-refractivity contribution in [2.24, 2.45) is 5.90 Å². The average molecular weight is 167 g/mol. The minimum absolute atomic E-state index is 0.312. The van der Waals surface area contributed by atoms with Gasteiger partial charge in [0, 0.05) is 6.42 Å². The summed E-state index contributed by atoms with van der Waals surface area (Å²) in [6.45, 7) is 2.36. The maximum absolute atomic E-state index is 9.42. The second-order valence-electron chi connectivity index (χ2n) is 2.75. The molecule has 0 aliphatic carbocycles. The molecule has 1 rings (SSSR count). The Balaban J connectivity index is 2.72. The van der Waals surface area contributed by atoms with E-state index >= 15 is 0 Å². The maximum Gasteiger partial charge on any atom is 0.119 e. The number of benzene rings is 1. The summed E-state index contributed by atoms with van der Waals surface area (Å²) in [4.78, 5) is 4.42. The van der Waals surface area contributed by atoms with Gasteiger partial charge >= 0.3 is 0 Å². The Labute approximate surface area is 71.7 Å². The molecular weight excluding hydrogens is 154 g/mol. The van der Waals surface area contributed by atoms with Gasteiger partial charge in [-0.3, -0.25) is 0 Å². The fourth-order valence-corrected chi connectivity index (χ4v) is 1.05. The highest BCUT2D eigenvalue weighted by atomic mass is 16.6. The number of rotatable bonds is 3. The van der Waals surface area contributed by atoms with Crippen LogP contribution in [-0.4, -0.2) is 11.7 Å². The summed E-state index contributed by atoms with van der Waals surface area (Å²) in [6, 6.07) is 5.56. The summed E-state index contributed by atoms with van der Waals surface area (Å²) in [6.07, 6.45) is 0.641. The van der Waals surface area contributed by atoms with Crippen molar-refractivity contribution in [3.05, 3.63) is 29.3 Å². The van der Waals surface area contributed by atoms with Gasteiger partial charge < -0.3 is 9.94 Å². The molecule has 0 spiro atoms. The largest absolute Gasteiger partial charge is 0.508 e. The predicted octanol–water partition coefficient (Wildman–Crippen LogP) is 1.13. The molecule has 0 aliphatic heterocycles. The first-order valence-electron chi connectivity index (χ1n) is 3.84. The Morgan fingerprint density at radius 2 is 2.25 bits per heavy atom. The first kappa shape index (κ1) is 9.03. The average Bonchev–Trinajstić information content (AvgIpc) is 2.03. The van der Waals surface area contributed by atoms with Crippen LogP contribution in [0.15, 0.2) is 18.2 Å². The van der Waals surface area contributed by atoms with Crippen LogP contribution in [0.5, 0.6) is 5.75 Å². The number of hydrogen-bond donors (Lipinski definition) is 2. The summed E-state index contributed by atoms with van der Waals surface area (Å²) in [7, 11) is 0. The van der Waals surface area contributed by atoms with E-state index in [0.29, 0.717) is 18.8 Å². The van der Waals surface area contributed by atoms with E-state index in [-0.39, 0.29) is 0 Å². The molecule has 3 nitrogen and oxygen atoms in total. The molecule has 1 aromatic carbocycles. The molecule has 0 heterocycles. The zero-order valence-corrected chi connectivity index (χ0v) is 7.08. The molecule has 0 fully saturated rings. The Kier molecular flexibility index (Phi) is 3.08. The molecule has 3 heteroatoms. The molecule has 0 aliphatic rings. The van der Waals surface area contributed by atoms with Crippen LogP contribution in [0.4, 0.5) is 0 Å². The maximum atomic E-state index is 9.42. The molecule has 0 amide bonds. The van der Waals surface area contributed by atoms with E-state index in [4.69, 9.17) is 5.90 Å². The van der Waals surface area contributed by atoms with Gasteiger partial charge in [-0.25, -0.2) is 5.90 Å². The van der Waals surface area contributed by atoms with Crippen LogP contribution in [0.1, 0.15) is 11.1 Å². The number of phenols is 1. The Hall–Kier alpha value is -1.06. The molecule has 0 unspecified atom stereocenters. The van der Waals surface area contributed by atoms with Crippen molar-refractivity contribution in [3.63, 3.8) is 0 Å². The molecule has 0 radical (unpaired) electrons. The van der Waals surface area contributed by atoms with Crippen molar-refractivity contribution in [1.82, 2.24) is 0 Å². The number of nitrogens with two attached hydrogens (primary N) is 1. The lowest BCUT2D eigenvalue weighted by molar-refractivity contribution is 0.141. The van der Waals surface area contributed by atoms with Crippen LogP contribution < -0.4 is 5.90 Å². The minimum atomic E-state index is 0.312. The second kappa shape index (κ2) is 4.09. The molecule has 0 atom stereocenters. The molecule has 0 saturated carbocycles. The van der Waals surface area contributed by atoms with Crippen LogP contribution in [-0.2, 0) is 11.3 Å². The first-order valence-corrected chi connectivity index (χ1v) is 3.84. The van der Waals surface area contributed by atoms with E-state index in [9.17, 15) is 5.11 Å². The van der Waals surface area contributed by atoms with Gasteiger partial charge in [-0.1, -0.05) is 12.1 Å². The van der Waals surface area contributed by atoms with Gasteiger partial charge in [-0.15, -0.1) is 0 Å². The van der Waals surface area contributed by atoms with E-state index < -0.39 is 0 Å². The SMILES string of the molecule is Cc1ccc(CCON)c(O)c1. The summed E-state index contributed by atoms with van der Waals surface area (Å²) < 4.78 is 0. The molecule has 0 saturated heterocycles. The number of aryl methyl sites for hydroxylation is 1. The van der Waals surface area contributed by atoms with Gasteiger partial charge in [-0.2, -0.15) is 0 Å². The topological polar surface area (TPSA) is 55.5 Å². The van der Waals surface area contributed by atoms with Crippen molar-refractivity contribution in [3.8, 4) is 5.75 Å². The summed E-state index contributed by atoms with van der Waals surface area (Å²) in [5.41, 5.74) is 1.91. The predicted molar refractivity (Wildman–Crippen MR) is 46.7 cm³/mol. The van der Waals surface area contributed by atoms with E-state index in [1.807, 2.05) is 19.1 Å². The monoisotopic (exact) mass is 167 g/mol. The highest BCUT2D eigenvalue weighted by Crippen LogP contribution is 2.18. The molecule has 66 valence electrons. The standard InChI is InChI=1S/C9H13NO2/c1-7-2-3-8(4-5-12-10)9(11)6-7/h2-3,6,11H,4-5,10H2,1H3. The first-order chi connectivity index (χ1) is 5.74. The zero-order chi connectivity index (χ0) is 8.97. The molecule has 0 bridgehead atoms. The van der Waals surface area contributed by atoms with E-state index in [0.717, 1.165) is 11.1 Å². The van der Waals surface area contributed by atoms with Crippen LogP contribution in [0, 0.1) is 6.92 Å². The third kappa shape index (κ3) is 2.22. The van der Waals surface area contributed by atoms with Crippen LogP contribution in [0.25, 0.3) is 0 Å². The van der Waals surface area contributed by atoms with Gasteiger partial charge in [0.15, 0.2) is 0 Å². The molecule has 12 heavy (non-hydrogen) atoms. The Morgan fingerprint density at radius 1 is 1.50 bits per heavy atom. The van der Waals surface area contributed by atoms with Crippen LogP contribution in [0.3, 0.4) is 0 Å². The molecule has 0 aromatic heterocycles. The Bertz CT molecular complexity index is 261. The smallest absolute Gasteiger partial charge is 0.119 e. The van der Waals surface area contributed by atoms with Crippen LogP contribution >= 0.6 is 0 Å². The zero-order valence-electron chi connectivity index (χ0n) is 7.08. The van der Waals surface area contributed by atoms with Gasteiger partial charge in [-0.05, 0) is 24.1 Å². The lowest BCUT2D eigenvalue weighted by atomic mass is 10.1. The van der Waals surface area contributed by atoms with Crippen molar-refractivity contribution >= 4 is 0 Å². The molecule has 1 aromatic rings. The minimum Gasteiger partial charge on any atom is -0.508 e. The van der Waals surface area contributed by atoms with Gasteiger partial charge in [0.05, 0.1) is 6.61 Å². The lowest BCUT2D eigenvalue weighted by Gasteiger charge is -2.03. The van der Waals surface area contributed by atoms with E-state index in [1.165, 1.54) is 0 Å². The Morgan fingerprint density at radius 3 is 2.83 bits per heavy atom. The van der Waals surface area contributed by atoms with Crippen molar-refractivity contribution in [2.75, 3.05) is 6.61 Å². The lowest BCUT2D eigenvalue weighted by Crippen LogP contribution is -2.03. The molecule has 3 N–H and O–H groups in total. The molecular formula is C9H13NO2. The number of aromatic hydroxyl groups is 1. The van der Waals surface area contributed by atoms with Gasteiger partial charge in [0.1, 0.15) is 5.75 Å².